The Morgan fingerprint density at radius 3 is 2.84 bits per heavy atom. The Bertz CT molecular complexity index is 1350. The van der Waals surface area contributed by atoms with Crippen LogP contribution in [-0.4, -0.2) is 39.2 Å². The molecule has 0 N–H and O–H groups in total. The van der Waals surface area contributed by atoms with Gasteiger partial charge in [0.15, 0.2) is 0 Å². The molecule has 4 aromatic rings. The summed E-state index contributed by atoms with van der Waals surface area (Å²) >= 11 is 0. The average Bonchev–Trinajstić information content (AvgIpc) is 3.15. The monoisotopic (exact) mass is 430 g/mol. The van der Waals surface area contributed by atoms with Crippen molar-refractivity contribution in [3.8, 4) is 17.0 Å². The molecule has 0 saturated heterocycles. The minimum absolute atomic E-state index is 0.0338. The molecule has 6 nitrogen and oxygen atoms in total. The van der Waals surface area contributed by atoms with E-state index in [2.05, 4.69) is 4.98 Å². The number of halogens is 1. The lowest BCUT2D eigenvalue weighted by Gasteiger charge is -2.33. The summed E-state index contributed by atoms with van der Waals surface area (Å²) in [5.41, 5.74) is 4.94. The van der Waals surface area contributed by atoms with Crippen molar-refractivity contribution in [3.63, 3.8) is 0 Å². The number of rotatable bonds is 3. The number of methoxy groups -OCH3 is 1. The van der Waals surface area contributed by atoms with Gasteiger partial charge in [-0.25, -0.2) is 4.39 Å². The first-order chi connectivity index (χ1) is 15.5. The average molecular weight is 430 g/mol. The number of fused-ring (bicyclic) bond motifs is 2. The first-order valence-corrected chi connectivity index (χ1v) is 10.5. The zero-order valence-electron chi connectivity index (χ0n) is 18.2. The fraction of sp³-hybridized carbons (Fsp3) is 0.240. The molecular formula is C25H23FN4O2. The highest BCUT2D eigenvalue weighted by molar-refractivity contribution is 5.98. The van der Waals surface area contributed by atoms with Crippen LogP contribution in [0.1, 0.15) is 34.6 Å². The molecule has 5 rings (SSSR count). The Labute approximate surface area is 185 Å². The summed E-state index contributed by atoms with van der Waals surface area (Å²) in [7, 11) is 3.37. The number of hydrogen-bond donors (Lipinski definition) is 0. The van der Waals surface area contributed by atoms with Gasteiger partial charge in [-0.05, 0) is 49.7 Å². The minimum Gasteiger partial charge on any atom is -0.497 e. The van der Waals surface area contributed by atoms with Crippen LogP contribution in [0.15, 0.2) is 54.7 Å². The van der Waals surface area contributed by atoms with Crippen LogP contribution in [0.2, 0.25) is 0 Å². The zero-order chi connectivity index (χ0) is 22.4. The Hall–Kier alpha value is -3.74. The van der Waals surface area contributed by atoms with Gasteiger partial charge in [-0.1, -0.05) is 6.07 Å². The van der Waals surface area contributed by atoms with Crippen LogP contribution in [-0.2, 0) is 13.5 Å². The van der Waals surface area contributed by atoms with E-state index in [9.17, 15) is 9.18 Å². The van der Waals surface area contributed by atoms with Gasteiger partial charge in [-0.15, -0.1) is 0 Å². The van der Waals surface area contributed by atoms with E-state index in [0.29, 0.717) is 29.8 Å². The summed E-state index contributed by atoms with van der Waals surface area (Å²) in [6.07, 6.45) is 2.38. The van der Waals surface area contributed by atoms with Gasteiger partial charge in [-0.2, -0.15) is 5.10 Å². The molecule has 0 fully saturated rings. The Kier molecular flexibility index (Phi) is 4.89. The van der Waals surface area contributed by atoms with Gasteiger partial charge in [0.05, 0.1) is 30.1 Å². The number of benzene rings is 2. The minimum atomic E-state index is -0.360. The van der Waals surface area contributed by atoms with E-state index in [0.717, 1.165) is 27.9 Å². The third-order valence-corrected chi connectivity index (χ3v) is 6.13. The zero-order valence-corrected chi connectivity index (χ0v) is 18.2. The molecule has 1 amide bonds. The van der Waals surface area contributed by atoms with Crippen LogP contribution in [0.3, 0.4) is 0 Å². The summed E-state index contributed by atoms with van der Waals surface area (Å²) in [5, 5.41) is 5.65. The van der Waals surface area contributed by atoms with Gasteiger partial charge in [0.2, 0.25) is 0 Å². The number of pyridine rings is 1. The maximum absolute atomic E-state index is 14.1. The second-order valence-corrected chi connectivity index (χ2v) is 8.05. The number of aryl methyl sites for hydroxylation is 1. The summed E-state index contributed by atoms with van der Waals surface area (Å²) < 4.78 is 21.2. The number of carbonyl (C=O) groups excluding carboxylic acids is 1. The number of hydrogen-bond acceptors (Lipinski definition) is 4. The SMILES string of the molecule is COc1cc(F)cc(-c2c3c(nn2C)[C@H](C)N(C(=O)c2ccc4ncccc4c2)CC3)c1. The molecule has 0 radical (unpaired) electrons. The van der Waals surface area contributed by atoms with Crippen LogP contribution < -0.4 is 4.74 Å². The fourth-order valence-electron chi connectivity index (χ4n) is 4.57. The molecular weight excluding hydrogens is 407 g/mol. The van der Waals surface area contributed by atoms with Gasteiger partial charge in [0.25, 0.3) is 5.91 Å². The molecule has 7 heteroatoms. The van der Waals surface area contributed by atoms with E-state index in [1.165, 1.54) is 19.2 Å². The summed E-state index contributed by atoms with van der Waals surface area (Å²) in [5.74, 6) is 0.0655. The van der Waals surface area contributed by atoms with Crippen molar-refractivity contribution in [2.24, 2.45) is 7.05 Å². The summed E-state index contributed by atoms with van der Waals surface area (Å²) in [6.45, 7) is 2.55. The van der Waals surface area contributed by atoms with Gasteiger partial charge in [-0.3, -0.25) is 14.5 Å². The second-order valence-electron chi connectivity index (χ2n) is 8.05. The first kappa shape index (κ1) is 20.2. The molecule has 0 bridgehead atoms. The first-order valence-electron chi connectivity index (χ1n) is 10.5. The van der Waals surface area contributed by atoms with Crippen molar-refractivity contribution in [1.82, 2.24) is 19.7 Å². The van der Waals surface area contributed by atoms with Crippen molar-refractivity contribution in [2.75, 3.05) is 13.7 Å². The lowest BCUT2D eigenvalue weighted by molar-refractivity contribution is 0.0674. The molecule has 1 aliphatic rings. The predicted octanol–water partition coefficient (Wildman–Crippen LogP) is 4.54. The summed E-state index contributed by atoms with van der Waals surface area (Å²) in [6, 6.07) is 13.9. The molecule has 0 unspecified atom stereocenters. The quantitative estimate of drug-likeness (QED) is 0.479. The van der Waals surface area contributed by atoms with Crippen molar-refractivity contribution in [2.45, 2.75) is 19.4 Å². The van der Waals surface area contributed by atoms with Gasteiger partial charge in [0.1, 0.15) is 11.6 Å². The normalized spacial score (nSPS) is 15.6. The Morgan fingerprint density at radius 1 is 1.19 bits per heavy atom. The van der Waals surface area contributed by atoms with Gasteiger partial charge < -0.3 is 9.64 Å². The Balaban J connectivity index is 1.50. The predicted molar refractivity (Wildman–Crippen MR) is 120 cm³/mol. The maximum Gasteiger partial charge on any atom is 0.254 e. The Morgan fingerprint density at radius 2 is 2.03 bits per heavy atom. The van der Waals surface area contributed by atoms with E-state index in [-0.39, 0.29) is 17.8 Å². The molecule has 0 aliphatic carbocycles. The van der Waals surface area contributed by atoms with E-state index in [1.54, 1.807) is 10.9 Å². The molecule has 1 atom stereocenters. The van der Waals surface area contributed by atoms with Crippen LogP contribution in [0, 0.1) is 5.82 Å². The molecule has 0 saturated carbocycles. The fourth-order valence-corrected chi connectivity index (χ4v) is 4.57. The largest absolute Gasteiger partial charge is 0.497 e. The molecule has 1 aliphatic heterocycles. The molecule has 2 aromatic heterocycles. The van der Waals surface area contributed by atoms with Crippen LogP contribution in [0.4, 0.5) is 4.39 Å². The number of carbonyl (C=O) groups is 1. The highest BCUT2D eigenvalue weighted by Crippen LogP contribution is 2.37. The van der Waals surface area contributed by atoms with Gasteiger partial charge >= 0.3 is 0 Å². The van der Waals surface area contributed by atoms with E-state index >= 15 is 0 Å². The smallest absolute Gasteiger partial charge is 0.254 e. The van der Waals surface area contributed by atoms with Crippen LogP contribution >= 0.6 is 0 Å². The van der Waals surface area contributed by atoms with Crippen molar-refractivity contribution in [1.29, 1.82) is 0 Å². The maximum atomic E-state index is 14.1. The molecule has 0 spiro atoms. The van der Waals surface area contributed by atoms with E-state index in [1.807, 2.05) is 55.3 Å². The van der Waals surface area contributed by atoms with Crippen molar-refractivity contribution >= 4 is 16.8 Å². The van der Waals surface area contributed by atoms with E-state index in [4.69, 9.17) is 9.84 Å². The number of amides is 1. The van der Waals surface area contributed by atoms with Crippen molar-refractivity contribution < 1.29 is 13.9 Å². The number of nitrogens with zero attached hydrogens (tertiary/aromatic N) is 4. The van der Waals surface area contributed by atoms with Crippen LogP contribution in [0.5, 0.6) is 5.75 Å². The van der Waals surface area contributed by atoms with Crippen LogP contribution in [0.25, 0.3) is 22.2 Å². The summed E-state index contributed by atoms with van der Waals surface area (Å²) in [4.78, 5) is 19.5. The topological polar surface area (TPSA) is 60.2 Å². The highest BCUT2D eigenvalue weighted by atomic mass is 19.1. The number of ether oxygens (including phenoxy) is 1. The lowest BCUT2D eigenvalue weighted by atomic mass is 9.95. The molecule has 32 heavy (non-hydrogen) atoms. The lowest BCUT2D eigenvalue weighted by Crippen LogP contribution is -2.38. The third-order valence-electron chi connectivity index (χ3n) is 6.13. The van der Waals surface area contributed by atoms with E-state index < -0.39 is 0 Å². The third kappa shape index (κ3) is 3.30. The second kappa shape index (κ2) is 7.75. The highest BCUT2D eigenvalue weighted by Gasteiger charge is 2.33. The molecule has 3 heterocycles. The van der Waals surface area contributed by atoms with Gasteiger partial charge in [0, 0.05) is 47.9 Å². The number of aromatic nitrogens is 3. The molecule has 162 valence electrons. The molecule has 2 aromatic carbocycles. The van der Waals surface area contributed by atoms with Crippen molar-refractivity contribution in [3.05, 3.63) is 77.4 Å². The standard InChI is InChI=1S/C25H23FN4O2/c1-15-23-21(24(29(2)28-23)18-12-19(26)14-20(13-18)32-3)8-10-30(15)25(31)17-6-7-22-16(11-17)5-4-9-27-22/h4-7,9,11-15H,8,10H2,1-3H3/t15-/m0/s1.